The summed E-state index contributed by atoms with van der Waals surface area (Å²) in [5.74, 6) is -0.117. The molecule has 0 radical (unpaired) electrons. The number of hydrogen-bond acceptors (Lipinski definition) is 3. The van der Waals surface area contributed by atoms with Crippen molar-refractivity contribution < 1.29 is 12.8 Å². The quantitative estimate of drug-likeness (QED) is 0.839. The Morgan fingerprint density at radius 2 is 2.24 bits per heavy atom. The van der Waals surface area contributed by atoms with Crippen LogP contribution in [0.5, 0.6) is 0 Å². The lowest BCUT2D eigenvalue weighted by Crippen LogP contribution is -2.30. The number of halogens is 2. The van der Waals surface area contributed by atoms with E-state index in [0.717, 1.165) is 31.3 Å². The summed E-state index contributed by atoms with van der Waals surface area (Å²) in [6.07, 6.45) is 4.35. The zero-order valence-electron chi connectivity index (χ0n) is 8.94. The minimum atomic E-state index is -3.67. The summed E-state index contributed by atoms with van der Waals surface area (Å²) in [5, 5.41) is 0. The van der Waals surface area contributed by atoms with Crippen LogP contribution in [0, 0.1) is 11.7 Å². The van der Waals surface area contributed by atoms with Crippen molar-refractivity contribution in [2.75, 3.05) is 6.54 Å². The first-order chi connectivity index (χ1) is 7.99. The van der Waals surface area contributed by atoms with Crippen molar-refractivity contribution in [3.8, 4) is 0 Å². The van der Waals surface area contributed by atoms with Crippen LogP contribution in [0.15, 0.2) is 23.4 Å². The maximum absolute atomic E-state index is 12.9. The average molecular weight is 323 g/mol. The summed E-state index contributed by atoms with van der Waals surface area (Å²) in [6.45, 7) is 0.309. The van der Waals surface area contributed by atoms with Crippen molar-refractivity contribution in [1.82, 2.24) is 9.71 Å². The fourth-order valence-corrected chi connectivity index (χ4v) is 3.37. The lowest BCUT2D eigenvalue weighted by Gasteiger charge is -2.10. The molecule has 0 spiro atoms. The van der Waals surface area contributed by atoms with Crippen LogP contribution in [0.1, 0.15) is 12.8 Å². The fourth-order valence-electron chi connectivity index (χ4n) is 1.44. The molecule has 1 saturated carbocycles. The first-order valence-electron chi connectivity index (χ1n) is 5.23. The van der Waals surface area contributed by atoms with E-state index in [4.69, 9.17) is 0 Å². The molecule has 0 bridgehead atoms. The van der Waals surface area contributed by atoms with Crippen LogP contribution in [0.25, 0.3) is 0 Å². The molecular formula is C10H12BrFN2O2S. The Morgan fingerprint density at radius 1 is 1.53 bits per heavy atom. The van der Waals surface area contributed by atoms with E-state index in [2.05, 4.69) is 25.6 Å². The molecule has 1 aromatic rings. The highest BCUT2D eigenvalue weighted by Gasteiger charge is 2.30. The molecule has 7 heteroatoms. The van der Waals surface area contributed by atoms with Gasteiger partial charge >= 0.3 is 0 Å². The summed E-state index contributed by atoms with van der Waals surface area (Å²) in [4.78, 5) is 3.51. The van der Waals surface area contributed by atoms with Crippen LogP contribution in [-0.4, -0.2) is 24.8 Å². The molecule has 0 amide bonds. The summed E-state index contributed by atoms with van der Waals surface area (Å²) in [7, 11) is -3.67. The molecule has 0 saturated heterocycles. The Morgan fingerprint density at radius 3 is 2.82 bits per heavy atom. The van der Waals surface area contributed by atoms with E-state index >= 15 is 0 Å². The van der Waals surface area contributed by atoms with Crippen molar-refractivity contribution in [2.45, 2.75) is 22.6 Å². The second-order valence-electron chi connectivity index (χ2n) is 4.04. The van der Waals surface area contributed by atoms with Crippen LogP contribution in [-0.2, 0) is 10.0 Å². The zero-order valence-corrected chi connectivity index (χ0v) is 11.3. The molecule has 1 atom stereocenters. The Hall–Kier alpha value is -0.530. The van der Waals surface area contributed by atoms with Gasteiger partial charge in [0.15, 0.2) is 0 Å². The van der Waals surface area contributed by atoms with Crippen LogP contribution in [0.3, 0.4) is 0 Å². The predicted molar refractivity (Wildman–Crippen MR) is 64.8 cm³/mol. The molecule has 94 valence electrons. The van der Waals surface area contributed by atoms with Gasteiger partial charge in [0.25, 0.3) is 0 Å². The molecule has 0 aliphatic heterocycles. The third-order valence-electron chi connectivity index (χ3n) is 2.59. The molecule has 1 heterocycles. The third kappa shape index (κ3) is 3.46. The lowest BCUT2D eigenvalue weighted by atomic mass is 10.3. The monoisotopic (exact) mass is 322 g/mol. The van der Waals surface area contributed by atoms with Gasteiger partial charge in [0.05, 0.1) is 6.20 Å². The number of hydrogen-bond donors (Lipinski definition) is 1. The van der Waals surface area contributed by atoms with Crippen molar-refractivity contribution in [3.63, 3.8) is 0 Å². The van der Waals surface area contributed by atoms with Crippen molar-refractivity contribution in [3.05, 3.63) is 24.3 Å². The normalized spacial score (nSPS) is 18.0. The summed E-state index contributed by atoms with van der Waals surface area (Å²) >= 11 is 3.43. The topological polar surface area (TPSA) is 59.1 Å². The standard InChI is InChI=1S/C10H12BrFN2O2S/c11-10(7-1-2-7)6-14-17(15,16)9-3-8(12)4-13-5-9/h3-5,7,10,14H,1-2,6H2. The molecule has 1 N–H and O–H groups in total. The lowest BCUT2D eigenvalue weighted by molar-refractivity contribution is 0.572. The van der Waals surface area contributed by atoms with Gasteiger partial charge in [-0.3, -0.25) is 4.98 Å². The highest BCUT2D eigenvalue weighted by molar-refractivity contribution is 9.09. The maximum Gasteiger partial charge on any atom is 0.242 e. The van der Waals surface area contributed by atoms with E-state index in [-0.39, 0.29) is 9.72 Å². The van der Waals surface area contributed by atoms with Crippen molar-refractivity contribution in [2.24, 2.45) is 5.92 Å². The number of pyridine rings is 1. The van der Waals surface area contributed by atoms with Crippen LogP contribution < -0.4 is 4.72 Å². The van der Waals surface area contributed by atoms with E-state index in [0.29, 0.717) is 12.5 Å². The van der Waals surface area contributed by atoms with Crippen LogP contribution in [0.4, 0.5) is 4.39 Å². The molecule has 2 rings (SSSR count). The molecule has 17 heavy (non-hydrogen) atoms. The third-order valence-corrected chi connectivity index (χ3v) is 5.05. The molecular weight excluding hydrogens is 311 g/mol. The van der Waals surface area contributed by atoms with Crippen molar-refractivity contribution >= 4 is 26.0 Å². The Kier molecular flexibility index (Phi) is 3.79. The van der Waals surface area contributed by atoms with Crippen LogP contribution in [0.2, 0.25) is 0 Å². The van der Waals surface area contributed by atoms with Gasteiger partial charge < -0.3 is 0 Å². The van der Waals surface area contributed by atoms with Gasteiger partial charge in [0, 0.05) is 17.6 Å². The zero-order chi connectivity index (χ0) is 12.5. The molecule has 1 aromatic heterocycles. The number of aromatic nitrogens is 1. The van der Waals surface area contributed by atoms with Crippen molar-refractivity contribution in [1.29, 1.82) is 0 Å². The number of rotatable bonds is 5. The number of alkyl halides is 1. The highest BCUT2D eigenvalue weighted by atomic mass is 79.9. The van der Waals surface area contributed by atoms with E-state index in [1.165, 1.54) is 0 Å². The number of sulfonamides is 1. The minimum absolute atomic E-state index is 0.138. The molecule has 1 aliphatic carbocycles. The molecule has 1 unspecified atom stereocenters. The van der Waals surface area contributed by atoms with Gasteiger partial charge in [-0.25, -0.2) is 17.5 Å². The van der Waals surface area contributed by atoms with Gasteiger partial charge in [-0.1, -0.05) is 15.9 Å². The second-order valence-corrected chi connectivity index (χ2v) is 6.99. The second kappa shape index (κ2) is 4.99. The van der Waals surface area contributed by atoms with Crippen LogP contribution >= 0.6 is 15.9 Å². The highest BCUT2D eigenvalue weighted by Crippen LogP contribution is 2.36. The summed E-state index contributed by atoms with van der Waals surface area (Å²) in [6, 6.07) is 0.954. The Balaban J connectivity index is 2.03. The largest absolute Gasteiger partial charge is 0.260 e. The SMILES string of the molecule is O=S(=O)(NCC(Br)C1CC1)c1cncc(F)c1. The molecule has 1 aliphatic rings. The van der Waals surface area contributed by atoms with Gasteiger partial charge in [-0.15, -0.1) is 0 Å². The number of nitrogens with zero attached hydrogens (tertiary/aromatic N) is 1. The fraction of sp³-hybridized carbons (Fsp3) is 0.500. The van der Waals surface area contributed by atoms with E-state index < -0.39 is 15.8 Å². The Bertz CT molecular complexity index is 505. The smallest absolute Gasteiger partial charge is 0.242 e. The number of nitrogens with one attached hydrogen (secondary N) is 1. The summed E-state index contributed by atoms with van der Waals surface area (Å²) in [5.41, 5.74) is 0. The predicted octanol–water partition coefficient (Wildman–Crippen LogP) is 1.67. The maximum atomic E-state index is 12.9. The molecule has 1 fully saturated rings. The van der Waals surface area contributed by atoms with E-state index in [1.807, 2.05) is 0 Å². The first kappa shape index (κ1) is 12.9. The van der Waals surface area contributed by atoms with Gasteiger partial charge in [-0.05, 0) is 24.8 Å². The average Bonchev–Trinajstić information content (AvgIpc) is 3.10. The summed E-state index contributed by atoms with van der Waals surface area (Å²) < 4.78 is 38.9. The molecule has 4 nitrogen and oxygen atoms in total. The Labute approximate surface area is 108 Å². The van der Waals surface area contributed by atoms with Gasteiger partial charge in [-0.2, -0.15) is 0 Å². The van der Waals surface area contributed by atoms with Gasteiger partial charge in [0.2, 0.25) is 10.0 Å². The minimum Gasteiger partial charge on any atom is -0.260 e. The van der Waals surface area contributed by atoms with E-state index in [9.17, 15) is 12.8 Å². The first-order valence-corrected chi connectivity index (χ1v) is 7.63. The van der Waals surface area contributed by atoms with E-state index in [1.54, 1.807) is 0 Å². The molecule has 0 aromatic carbocycles. The van der Waals surface area contributed by atoms with Gasteiger partial charge in [0.1, 0.15) is 10.7 Å².